The first kappa shape index (κ1) is 14.0. The molecule has 0 aliphatic rings. The van der Waals surface area contributed by atoms with Crippen LogP contribution in [0.1, 0.15) is 31.9 Å². The lowest BCUT2D eigenvalue weighted by Gasteiger charge is -2.23. The van der Waals surface area contributed by atoms with E-state index in [1.54, 1.807) is 7.11 Å². The third kappa shape index (κ3) is 3.31. The third-order valence-electron chi connectivity index (χ3n) is 3.51. The van der Waals surface area contributed by atoms with E-state index in [-0.39, 0.29) is 6.10 Å². The molecule has 2 atom stereocenters. The molecule has 1 aromatic carbocycles. The summed E-state index contributed by atoms with van der Waals surface area (Å²) in [4.78, 5) is 4.19. The van der Waals surface area contributed by atoms with Gasteiger partial charge in [0.1, 0.15) is 0 Å². The molecule has 0 saturated heterocycles. The van der Waals surface area contributed by atoms with Gasteiger partial charge in [-0.1, -0.05) is 25.1 Å². The molecule has 3 heteroatoms. The van der Waals surface area contributed by atoms with Gasteiger partial charge >= 0.3 is 0 Å². The van der Waals surface area contributed by atoms with Crippen LogP contribution >= 0.6 is 0 Å². The van der Waals surface area contributed by atoms with Crippen LogP contribution in [0.2, 0.25) is 0 Å². The van der Waals surface area contributed by atoms with Crippen molar-refractivity contribution < 1.29 is 4.74 Å². The highest BCUT2D eigenvalue weighted by Gasteiger charge is 2.16. The van der Waals surface area contributed by atoms with Gasteiger partial charge in [0.05, 0.1) is 6.10 Å². The SMILES string of the molecule is CCNC(CC(C)OC)c1cccc2cnccc12. The second-order valence-corrected chi connectivity index (χ2v) is 4.84. The fourth-order valence-electron chi connectivity index (χ4n) is 2.45. The largest absolute Gasteiger partial charge is 0.382 e. The number of aromatic nitrogens is 1. The van der Waals surface area contributed by atoms with Crippen molar-refractivity contribution in [3.63, 3.8) is 0 Å². The maximum Gasteiger partial charge on any atom is 0.0561 e. The third-order valence-corrected chi connectivity index (χ3v) is 3.51. The molecule has 0 spiro atoms. The van der Waals surface area contributed by atoms with Crippen molar-refractivity contribution >= 4 is 10.8 Å². The van der Waals surface area contributed by atoms with Crippen LogP contribution in [-0.2, 0) is 4.74 Å². The van der Waals surface area contributed by atoms with Crippen LogP contribution in [0.5, 0.6) is 0 Å². The van der Waals surface area contributed by atoms with Gasteiger partial charge in [-0.15, -0.1) is 0 Å². The van der Waals surface area contributed by atoms with Crippen LogP contribution in [0.25, 0.3) is 10.8 Å². The van der Waals surface area contributed by atoms with Crippen molar-refractivity contribution in [3.05, 3.63) is 42.2 Å². The van der Waals surface area contributed by atoms with E-state index in [1.807, 2.05) is 12.4 Å². The van der Waals surface area contributed by atoms with Crippen LogP contribution < -0.4 is 5.32 Å². The fourth-order valence-corrected chi connectivity index (χ4v) is 2.45. The molecule has 1 N–H and O–H groups in total. The number of fused-ring (bicyclic) bond motifs is 1. The minimum absolute atomic E-state index is 0.237. The first-order valence-corrected chi connectivity index (χ1v) is 6.85. The highest BCUT2D eigenvalue weighted by Crippen LogP contribution is 2.27. The minimum Gasteiger partial charge on any atom is -0.382 e. The Bertz CT molecular complexity index is 522. The Morgan fingerprint density at radius 2 is 2.16 bits per heavy atom. The van der Waals surface area contributed by atoms with Gasteiger partial charge in [-0.25, -0.2) is 0 Å². The maximum absolute atomic E-state index is 5.41. The molecule has 1 heterocycles. The molecule has 2 unspecified atom stereocenters. The Morgan fingerprint density at radius 1 is 1.32 bits per heavy atom. The topological polar surface area (TPSA) is 34.1 Å². The monoisotopic (exact) mass is 258 g/mol. The van der Waals surface area contributed by atoms with Crippen LogP contribution in [0, 0.1) is 0 Å². The van der Waals surface area contributed by atoms with Gasteiger partial charge in [-0.2, -0.15) is 0 Å². The van der Waals surface area contributed by atoms with E-state index in [0.717, 1.165) is 13.0 Å². The smallest absolute Gasteiger partial charge is 0.0561 e. The molecule has 0 aliphatic carbocycles. The Labute approximate surface area is 115 Å². The molecular formula is C16H22N2O. The summed E-state index contributed by atoms with van der Waals surface area (Å²) in [6, 6.07) is 8.80. The van der Waals surface area contributed by atoms with Gasteiger partial charge in [0, 0.05) is 30.9 Å². The zero-order valence-electron chi connectivity index (χ0n) is 11.9. The number of methoxy groups -OCH3 is 1. The van der Waals surface area contributed by atoms with Crippen molar-refractivity contribution in [1.82, 2.24) is 10.3 Å². The fraction of sp³-hybridized carbons (Fsp3) is 0.438. The lowest BCUT2D eigenvalue weighted by Crippen LogP contribution is -2.25. The Hall–Kier alpha value is -1.45. The number of rotatable bonds is 6. The van der Waals surface area contributed by atoms with Gasteiger partial charge in [0.25, 0.3) is 0 Å². The van der Waals surface area contributed by atoms with Gasteiger partial charge in [0.15, 0.2) is 0 Å². The predicted molar refractivity (Wildman–Crippen MR) is 79.2 cm³/mol. The van der Waals surface area contributed by atoms with Gasteiger partial charge in [-0.3, -0.25) is 4.98 Å². The predicted octanol–water partition coefficient (Wildman–Crippen LogP) is 3.31. The minimum atomic E-state index is 0.237. The molecule has 0 bridgehead atoms. The Morgan fingerprint density at radius 3 is 2.89 bits per heavy atom. The molecule has 1 aromatic heterocycles. The van der Waals surface area contributed by atoms with Crippen LogP contribution in [0.4, 0.5) is 0 Å². The van der Waals surface area contributed by atoms with E-state index in [1.165, 1.54) is 16.3 Å². The molecule has 3 nitrogen and oxygen atoms in total. The van der Waals surface area contributed by atoms with Crippen molar-refractivity contribution in [2.75, 3.05) is 13.7 Å². The lowest BCUT2D eigenvalue weighted by molar-refractivity contribution is 0.101. The number of ether oxygens (including phenoxy) is 1. The second kappa shape index (κ2) is 6.64. The van der Waals surface area contributed by atoms with E-state index in [2.05, 4.69) is 48.4 Å². The average molecular weight is 258 g/mol. The van der Waals surface area contributed by atoms with Crippen molar-refractivity contribution in [2.24, 2.45) is 0 Å². The molecule has 0 amide bonds. The zero-order chi connectivity index (χ0) is 13.7. The Balaban J connectivity index is 2.38. The highest BCUT2D eigenvalue weighted by atomic mass is 16.5. The van der Waals surface area contributed by atoms with Gasteiger partial charge in [-0.05, 0) is 36.9 Å². The van der Waals surface area contributed by atoms with E-state index in [0.29, 0.717) is 6.04 Å². The maximum atomic E-state index is 5.41. The van der Waals surface area contributed by atoms with Crippen molar-refractivity contribution in [1.29, 1.82) is 0 Å². The molecule has 0 saturated carbocycles. The summed E-state index contributed by atoms with van der Waals surface area (Å²) in [5, 5.41) is 6.01. The van der Waals surface area contributed by atoms with Crippen LogP contribution in [0.15, 0.2) is 36.7 Å². The summed E-state index contributed by atoms with van der Waals surface area (Å²) < 4.78 is 5.41. The Kier molecular flexibility index (Phi) is 4.88. The van der Waals surface area contributed by atoms with Crippen molar-refractivity contribution in [2.45, 2.75) is 32.4 Å². The second-order valence-electron chi connectivity index (χ2n) is 4.84. The molecule has 19 heavy (non-hydrogen) atoms. The number of benzene rings is 1. The zero-order valence-corrected chi connectivity index (χ0v) is 11.9. The summed E-state index contributed by atoms with van der Waals surface area (Å²) in [6.07, 6.45) is 4.98. The average Bonchev–Trinajstić information content (AvgIpc) is 2.46. The summed E-state index contributed by atoms with van der Waals surface area (Å²) in [5.41, 5.74) is 1.32. The highest BCUT2D eigenvalue weighted by molar-refractivity contribution is 5.85. The number of nitrogens with one attached hydrogen (secondary N) is 1. The van der Waals surface area contributed by atoms with E-state index in [4.69, 9.17) is 4.74 Å². The molecule has 2 aromatic rings. The van der Waals surface area contributed by atoms with Gasteiger partial charge in [0.2, 0.25) is 0 Å². The number of hydrogen-bond donors (Lipinski definition) is 1. The molecule has 0 aliphatic heterocycles. The normalized spacial score (nSPS) is 14.5. The summed E-state index contributed by atoms with van der Waals surface area (Å²) in [5.74, 6) is 0. The lowest BCUT2D eigenvalue weighted by atomic mass is 9.96. The number of nitrogens with zero attached hydrogens (tertiary/aromatic N) is 1. The molecule has 0 radical (unpaired) electrons. The van der Waals surface area contributed by atoms with Gasteiger partial charge < -0.3 is 10.1 Å². The first-order valence-electron chi connectivity index (χ1n) is 6.85. The summed E-state index contributed by atoms with van der Waals surface area (Å²) in [6.45, 7) is 5.19. The number of pyridine rings is 1. The number of hydrogen-bond acceptors (Lipinski definition) is 3. The molecule has 2 rings (SSSR count). The van der Waals surface area contributed by atoms with Crippen molar-refractivity contribution in [3.8, 4) is 0 Å². The van der Waals surface area contributed by atoms with E-state index >= 15 is 0 Å². The standard InChI is InChI=1S/C16H22N2O/c1-4-18-16(10-12(2)19-3)15-7-5-6-13-11-17-9-8-14(13)15/h5-9,11-12,16,18H,4,10H2,1-3H3. The molecular weight excluding hydrogens is 236 g/mol. The summed E-state index contributed by atoms with van der Waals surface area (Å²) in [7, 11) is 1.76. The van der Waals surface area contributed by atoms with E-state index < -0.39 is 0 Å². The quantitative estimate of drug-likeness (QED) is 0.863. The van der Waals surface area contributed by atoms with Crippen LogP contribution in [0.3, 0.4) is 0 Å². The molecule has 0 fully saturated rings. The molecule has 102 valence electrons. The summed E-state index contributed by atoms with van der Waals surface area (Å²) >= 11 is 0. The van der Waals surface area contributed by atoms with E-state index in [9.17, 15) is 0 Å². The first-order chi connectivity index (χ1) is 9.26. The van der Waals surface area contributed by atoms with Crippen LogP contribution in [-0.4, -0.2) is 24.7 Å².